The Hall–Kier alpha value is -2.15. The Kier molecular flexibility index (Phi) is 4.97. The fourth-order valence-corrected chi connectivity index (χ4v) is 2.91. The molecule has 1 atom stereocenters. The van der Waals surface area contributed by atoms with E-state index in [1.165, 1.54) is 17.6 Å². The van der Waals surface area contributed by atoms with E-state index in [2.05, 4.69) is 10.3 Å². The molecule has 0 aliphatic carbocycles. The molecule has 0 aliphatic rings. The van der Waals surface area contributed by atoms with E-state index >= 15 is 0 Å². The zero-order valence-electron chi connectivity index (χ0n) is 12.6. The Morgan fingerprint density at radius 3 is 2.73 bits per heavy atom. The molecule has 0 aliphatic heterocycles. The Morgan fingerprint density at radius 2 is 2.18 bits per heavy atom. The van der Waals surface area contributed by atoms with Crippen molar-refractivity contribution in [2.24, 2.45) is 5.92 Å². The van der Waals surface area contributed by atoms with Gasteiger partial charge in [-0.05, 0) is 31.4 Å². The van der Waals surface area contributed by atoms with E-state index in [-0.39, 0.29) is 11.6 Å². The number of carbonyl (C=O) groups is 2. The fourth-order valence-electron chi connectivity index (χ4n) is 2.03. The van der Waals surface area contributed by atoms with E-state index in [9.17, 15) is 14.7 Å². The SMILES string of the molecule is Cc1sc(-c2ccco2)nc1C(=O)NC(CC(C)C)C(=O)O. The maximum Gasteiger partial charge on any atom is 0.326 e. The van der Waals surface area contributed by atoms with Crippen molar-refractivity contribution in [3.05, 3.63) is 29.0 Å². The van der Waals surface area contributed by atoms with E-state index < -0.39 is 17.9 Å². The summed E-state index contributed by atoms with van der Waals surface area (Å²) in [5.74, 6) is -0.762. The van der Waals surface area contributed by atoms with Crippen LogP contribution in [-0.4, -0.2) is 28.0 Å². The van der Waals surface area contributed by atoms with Crippen LogP contribution in [0.25, 0.3) is 10.8 Å². The molecule has 2 N–H and O–H groups in total. The minimum absolute atomic E-state index is 0.164. The Labute approximate surface area is 132 Å². The smallest absolute Gasteiger partial charge is 0.326 e. The van der Waals surface area contributed by atoms with Gasteiger partial charge in [0, 0.05) is 4.88 Å². The highest BCUT2D eigenvalue weighted by Gasteiger charge is 2.24. The summed E-state index contributed by atoms with van der Waals surface area (Å²) in [7, 11) is 0. The number of nitrogens with zero attached hydrogens (tertiary/aromatic N) is 1. The summed E-state index contributed by atoms with van der Waals surface area (Å²) in [6.45, 7) is 5.59. The van der Waals surface area contributed by atoms with Crippen molar-refractivity contribution < 1.29 is 19.1 Å². The third kappa shape index (κ3) is 3.73. The van der Waals surface area contributed by atoms with Crippen LogP contribution in [0, 0.1) is 12.8 Å². The molecule has 0 saturated carbocycles. The van der Waals surface area contributed by atoms with Crippen molar-refractivity contribution in [3.8, 4) is 10.8 Å². The molecule has 0 bridgehead atoms. The van der Waals surface area contributed by atoms with Gasteiger partial charge in [-0.1, -0.05) is 13.8 Å². The van der Waals surface area contributed by atoms with Crippen molar-refractivity contribution in [1.29, 1.82) is 0 Å². The van der Waals surface area contributed by atoms with Crippen LogP contribution < -0.4 is 5.32 Å². The summed E-state index contributed by atoms with van der Waals surface area (Å²) < 4.78 is 5.26. The number of amides is 1. The number of aryl methyl sites for hydroxylation is 1. The largest absolute Gasteiger partial charge is 0.480 e. The lowest BCUT2D eigenvalue weighted by Gasteiger charge is -2.15. The van der Waals surface area contributed by atoms with Crippen molar-refractivity contribution in [3.63, 3.8) is 0 Å². The Balaban J connectivity index is 2.17. The molecule has 6 nitrogen and oxygen atoms in total. The van der Waals surface area contributed by atoms with Crippen LogP contribution in [0.4, 0.5) is 0 Å². The molecule has 1 amide bonds. The van der Waals surface area contributed by atoms with Crippen molar-refractivity contribution >= 4 is 23.2 Å². The molecule has 0 radical (unpaired) electrons. The molecule has 2 aromatic rings. The van der Waals surface area contributed by atoms with E-state index in [1.807, 2.05) is 13.8 Å². The summed E-state index contributed by atoms with van der Waals surface area (Å²) >= 11 is 1.34. The van der Waals surface area contributed by atoms with E-state index in [0.29, 0.717) is 17.2 Å². The molecule has 7 heteroatoms. The molecule has 118 valence electrons. The first-order valence-electron chi connectivity index (χ1n) is 6.93. The van der Waals surface area contributed by atoms with E-state index in [0.717, 1.165) is 4.88 Å². The van der Waals surface area contributed by atoms with Gasteiger partial charge in [-0.2, -0.15) is 0 Å². The van der Waals surface area contributed by atoms with Gasteiger partial charge in [-0.25, -0.2) is 9.78 Å². The van der Waals surface area contributed by atoms with Crippen LogP contribution in [0.3, 0.4) is 0 Å². The lowest BCUT2D eigenvalue weighted by Crippen LogP contribution is -2.42. The number of carboxylic acids is 1. The van der Waals surface area contributed by atoms with Gasteiger partial charge in [-0.3, -0.25) is 4.79 Å². The predicted octanol–water partition coefficient (Wildman–Crippen LogP) is 2.94. The summed E-state index contributed by atoms with van der Waals surface area (Å²) in [5.41, 5.74) is 0.242. The number of furan rings is 1. The van der Waals surface area contributed by atoms with Gasteiger partial charge in [0.2, 0.25) is 0 Å². The fraction of sp³-hybridized carbons (Fsp3) is 0.400. The number of aromatic nitrogens is 1. The Morgan fingerprint density at radius 1 is 1.45 bits per heavy atom. The maximum absolute atomic E-state index is 12.3. The molecule has 2 rings (SSSR count). The number of hydrogen-bond acceptors (Lipinski definition) is 5. The summed E-state index contributed by atoms with van der Waals surface area (Å²) in [6, 6.07) is 2.59. The zero-order chi connectivity index (χ0) is 16.3. The van der Waals surface area contributed by atoms with Gasteiger partial charge in [0.15, 0.2) is 10.8 Å². The minimum atomic E-state index is -1.04. The monoisotopic (exact) mass is 322 g/mol. The average Bonchev–Trinajstić information content (AvgIpc) is 3.05. The number of carboxylic acid groups (broad SMARTS) is 1. The van der Waals surface area contributed by atoms with E-state index in [1.54, 1.807) is 19.1 Å². The lowest BCUT2D eigenvalue weighted by molar-refractivity contribution is -0.139. The van der Waals surface area contributed by atoms with Crippen LogP contribution in [0.5, 0.6) is 0 Å². The van der Waals surface area contributed by atoms with Crippen LogP contribution in [0.2, 0.25) is 0 Å². The summed E-state index contributed by atoms with van der Waals surface area (Å²) in [5, 5.41) is 12.3. The van der Waals surface area contributed by atoms with Gasteiger partial charge >= 0.3 is 5.97 Å². The first kappa shape index (κ1) is 16.2. The van der Waals surface area contributed by atoms with Crippen LogP contribution in [-0.2, 0) is 4.79 Å². The van der Waals surface area contributed by atoms with Crippen LogP contribution >= 0.6 is 11.3 Å². The topological polar surface area (TPSA) is 92.4 Å². The number of hydrogen-bond donors (Lipinski definition) is 2. The first-order valence-corrected chi connectivity index (χ1v) is 7.75. The summed E-state index contributed by atoms with van der Waals surface area (Å²) in [4.78, 5) is 28.5. The number of rotatable bonds is 6. The second kappa shape index (κ2) is 6.74. The zero-order valence-corrected chi connectivity index (χ0v) is 13.4. The molecule has 0 fully saturated rings. The number of nitrogens with one attached hydrogen (secondary N) is 1. The third-order valence-corrected chi connectivity index (χ3v) is 4.04. The van der Waals surface area contributed by atoms with Crippen molar-refractivity contribution in [2.45, 2.75) is 33.2 Å². The molecule has 0 spiro atoms. The highest BCUT2D eigenvalue weighted by molar-refractivity contribution is 7.15. The van der Waals surface area contributed by atoms with Gasteiger partial charge in [0.05, 0.1) is 6.26 Å². The van der Waals surface area contributed by atoms with Gasteiger partial charge in [0.1, 0.15) is 11.7 Å². The highest BCUT2D eigenvalue weighted by atomic mass is 32.1. The predicted molar refractivity (Wildman–Crippen MR) is 82.9 cm³/mol. The molecular formula is C15H18N2O4S. The second-order valence-corrected chi connectivity index (χ2v) is 6.60. The first-order chi connectivity index (χ1) is 10.4. The second-order valence-electron chi connectivity index (χ2n) is 5.39. The molecule has 1 unspecified atom stereocenters. The van der Waals surface area contributed by atoms with Gasteiger partial charge < -0.3 is 14.8 Å². The molecule has 22 heavy (non-hydrogen) atoms. The quantitative estimate of drug-likeness (QED) is 0.853. The van der Waals surface area contributed by atoms with Crippen molar-refractivity contribution in [1.82, 2.24) is 10.3 Å². The summed E-state index contributed by atoms with van der Waals surface area (Å²) in [6.07, 6.45) is 1.91. The van der Waals surface area contributed by atoms with Crippen LogP contribution in [0.1, 0.15) is 35.6 Å². The molecule has 0 aromatic carbocycles. The molecule has 0 saturated heterocycles. The normalized spacial score (nSPS) is 12.4. The number of carbonyl (C=O) groups excluding carboxylic acids is 1. The molecular weight excluding hydrogens is 304 g/mol. The average molecular weight is 322 g/mol. The third-order valence-electron chi connectivity index (χ3n) is 3.05. The molecule has 2 heterocycles. The van der Waals surface area contributed by atoms with E-state index in [4.69, 9.17) is 4.42 Å². The Bertz CT molecular complexity index is 661. The van der Waals surface area contributed by atoms with Gasteiger partial charge in [-0.15, -0.1) is 11.3 Å². The van der Waals surface area contributed by atoms with Crippen LogP contribution in [0.15, 0.2) is 22.8 Å². The number of aliphatic carboxylic acids is 1. The lowest BCUT2D eigenvalue weighted by atomic mass is 10.0. The standard InChI is InChI=1S/C15H18N2O4S/c1-8(2)7-10(15(19)20)16-13(18)12-9(3)22-14(17-12)11-5-4-6-21-11/h4-6,8,10H,7H2,1-3H3,(H,16,18)(H,19,20). The minimum Gasteiger partial charge on any atom is -0.480 e. The maximum atomic E-state index is 12.3. The van der Waals surface area contributed by atoms with Gasteiger partial charge in [0.25, 0.3) is 5.91 Å². The number of thiazole rings is 1. The van der Waals surface area contributed by atoms with Crippen molar-refractivity contribution in [2.75, 3.05) is 0 Å². The highest BCUT2D eigenvalue weighted by Crippen LogP contribution is 2.27. The molecule has 2 aromatic heterocycles.